The molecule has 0 spiro atoms. The first kappa shape index (κ1) is 21.1. The Kier molecular flexibility index (Phi) is 7.45. The van der Waals surface area contributed by atoms with Crippen LogP contribution >= 0.6 is 23.1 Å². The zero-order valence-electron chi connectivity index (χ0n) is 15.1. The van der Waals surface area contributed by atoms with E-state index in [0.717, 1.165) is 26.7 Å². The quantitative estimate of drug-likeness (QED) is 0.449. The molecule has 1 heterocycles. The third-order valence-corrected chi connectivity index (χ3v) is 7.53. The number of rotatable bonds is 10. The van der Waals surface area contributed by atoms with Crippen LogP contribution < -0.4 is 4.72 Å². The topological polar surface area (TPSA) is 96.4 Å². The van der Waals surface area contributed by atoms with Crippen LogP contribution in [0.15, 0.2) is 27.4 Å². The lowest BCUT2D eigenvalue weighted by Crippen LogP contribution is -2.44. The van der Waals surface area contributed by atoms with Gasteiger partial charge in [-0.25, -0.2) is 13.4 Å². The SMILES string of the molecule is CCCCCSc1nc2ccc(S(=O)(=O)N[C@@H](C(=O)O)C(C)C)cc2s1. The molecule has 0 bridgehead atoms. The molecule has 2 rings (SSSR count). The standard InChI is InChI=1S/C17H24N2O4S3/c1-4-5-6-9-24-17-18-13-8-7-12(10-14(13)25-17)26(22,23)19-15(11(2)3)16(20)21/h7-8,10-11,15,19H,4-6,9H2,1-3H3,(H,20,21)/t15-/m1/s1. The van der Waals surface area contributed by atoms with E-state index in [9.17, 15) is 18.3 Å². The number of benzene rings is 1. The molecular weight excluding hydrogens is 392 g/mol. The fraction of sp³-hybridized carbons (Fsp3) is 0.529. The molecule has 1 aromatic heterocycles. The Hall–Kier alpha value is -1.16. The van der Waals surface area contributed by atoms with E-state index < -0.39 is 22.0 Å². The third kappa shape index (κ3) is 5.42. The summed E-state index contributed by atoms with van der Waals surface area (Å²) in [4.78, 5) is 15.9. The Bertz CT molecular complexity index is 862. The predicted octanol–water partition coefficient (Wildman–Crippen LogP) is 3.97. The molecule has 1 aromatic carbocycles. The van der Waals surface area contributed by atoms with E-state index in [4.69, 9.17) is 0 Å². The number of aromatic nitrogens is 1. The van der Waals surface area contributed by atoms with Gasteiger partial charge in [0.15, 0.2) is 4.34 Å². The molecule has 0 aliphatic rings. The number of hydrogen-bond acceptors (Lipinski definition) is 6. The molecular formula is C17H24N2O4S3. The lowest BCUT2D eigenvalue weighted by molar-refractivity contribution is -0.140. The molecule has 26 heavy (non-hydrogen) atoms. The van der Waals surface area contributed by atoms with Gasteiger partial charge in [0.05, 0.1) is 15.1 Å². The van der Waals surface area contributed by atoms with Gasteiger partial charge in [-0.2, -0.15) is 4.72 Å². The highest BCUT2D eigenvalue weighted by molar-refractivity contribution is 8.01. The van der Waals surface area contributed by atoms with Crippen LogP contribution in [0.5, 0.6) is 0 Å². The zero-order chi connectivity index (χ0) is 19.3. The molecule has 0 radical (unpaired) electrons. The van der Waals surface area contributed by atoms with Crippen molar-refractivity contribution in [2.75, 3.05) is 5.75 Å². The van der Waals surface area contributed by atoms with Gasteiger partial charge in [-0.3, -0.25) is 4.79 Å². The van der Waals surface area contributed by atoms with E-state index in [1.54, 1.807) is 37.7 Å². The number of carboxylic acids is 1. The summed E-state index contributed by atoms with van der Waals surface area (Å²) in [6.07, 6.45) is 3.49. The highest BCUT2D eigenvalue weighted by Crippen LogP contribution is 2.31. The number of aliphatic carboxylic acids is 1. The first-order chi connectivity index (χ1) is 12.2. The van der Waals surface area contributed by atoms with Crippen molar-refractivity contribution in [1.29, 1.82) is 0 Å². The monoisotopic (exact) mass is 416 g/mol. The van der Waals surface area contributed by atoms with E-state index in [0.29, 0.717) is 0 Å². The molecule has 0 fully saturated rings. The second kappa shape index (κ2) is 9.16. The molecule has 2 N–H and O–H groups in total. The average molecular weight is 417 g/mol. The smallest absolute Gasteiger partial charge is 0.322 e. The Labute approximate surface area is 162 Å². The van der Waals surface area contributed by atoms with Crippen molar-refractivity contribution in [3.63, 3.8) is 0 Å². The number of carboxylic acid groups (broad SMARTS) is 1. The highest BCUT2D eigenvalue weighted by atomic mass is 32.2. The number of nitrogens with one attached hydrogen (secondary N) is 1. The van der Waals surface area contributed by atoms with Gasteiger partial charge < -0.3 is 5.11 Å². The van der Waals surface area contributed by atoms with E-state index in [1.807, 2.05) is 0 Å². The van der Waals surface area contributed by atoms with Crippen LogP contribution in [0.1, 0.15) is 40.0 Å². The molecule has 0 saturated carbocycles. The van der Waals surface area contributed by atoms with Crippen molar-refractivity contribution < 1.29 is 18.3 Å². The number of unbranched alkanes of at least 4 members (excludes halogenated alkanes) is 2. The van der Waals surface area contributed by atoms with Crippen LogP contribution in [0.4, 0.5) is 0 Å². The van der Waals surface area contributed by atoms with Gasteiger partial charge >= 0.3 is 5.97 Å². The largest absolute Gasteiger partial charge is 0.480 e. The van der Waals surface area contributed by atoms with Crippen molar-refractivity contribution in [1.82, 2.24) is 9.71 Å². The molecule has 0 saturated heterocycles. The number of sulfonamides is 1. The number of carbonyl (C=O) groups is 1. The van der Waals surface area contributed by atoms with Gasteiger partial charge in [0.25, 0.3) is 0 Å². The van der Waals surface area contributed by atoms with Gasteiger partial charge in [-0.15, -0.1) is 11.3 Å². The molecule has 144 valence electrons. The van der Waals surface area contributed by atoms with E-state index in [2.05, 4.69) is 16.6 Å². The first-order valence-electron chi connectivity index (χ1n) is 8.53. The van der Waals surface area contributed by atoms with Gasteiger partial charge in [-0.05, 0) is 30.5 Å². The average Bonchev–Trinajstić information content (AvgIpc) is 2.98. The number of nitrogens with zero attached hydrogens (tertiary/aromatic N) is 1. The minimum atomic E-state index is -3.91. The van der Waals surface area contributed by atoms with Crippen LogP contribution in [0.2, 0.25) is 0 Å². The minimum Gasteiger partial charge on any atom is -0.480 e. The number of fused-ring (bicyclic) bond motifs is 1. The summed E-state index contributed by atoms with van der Waals surface area (Å²) in [6.45, 7) is 5.48. The fourth-order valence-electron chi connectivity index (χ4n) is 2.33. The lowest BCUT2D eigenvalue weighted by Gasteiger charge is -2.17. The summed E-state index contributed by atoms with van der Waals surface area (Å²) >= 11 is 3.14. The summed E-state index contributed by atoms with van der Waals surface area (Å²) in [7, 11) is -3.91. The van der Waals surface area contributed by atoms with Crippen molar-refractivity contribution in [2.24, 2.45) is 5.92 Å². The van der Waals surface area contributed by atoms with Crippen LogP contribution in [-0.4, -0.2) is 36.3 Å². The van der Waals surface area contributed by atoms with Gasteiger partial charge in [-0.1, -0.05) is 45.4 Å². The van der Waals surface area contributed by atoms with Gasteiger partial charge in [0, 0.05) is 5.75 Å². The highest BCUT2D eigenvalue weighted by Gasteiger charge is 2.28. The zero-order valence-corrected chi connectivity index (χ0v) is 17.5. The van der Waals surface area contributed by atoms with Crippen LogP contribution in [0.25, 0.3) is 10.2 Å². The Balaban J connectivity index is 2.20. The van der Waals surface area contributed by atoms with E-state index in [-0.39, 0.29) is 10.8 Å². The lowest BCUT2D eigenvalue weighted by atomic mass is 10.1. The first-order valence-corrected chi connectivity index (χ1v) is 11.8. The maximum Gasteiger partial charge on any atom is 0.322 e. The molecule has 2 aromatic rings. The summed E-state index contributed by atoms with van der Waals surface area (Å²) < 4.78 is 29.1. The van der Waals surface area contributed by atoms with E-state index in [1.165, 1.54) is 30.2 Å². The molecule has 1 atom stereocenters. The molecule has 0 unspecified atom stereocenters. The maximum absolute atomic E-state index is 12.6. The van der Waals surface area contributed by atoms with Crippen molar-refractivity contribution >= 4 is 49.3 Å². The van der Waals surface area contributed by atoms with Crippen LogP contribution in [0.3, 0.4) is 0 Å². The van der Waals surface area contributed by atoms with Crippen LogP contribution in [0, 0.1) is 5.92 Å². The number of thioether (sulfide) groups is 1. The number of hydrogen-bond donors (Lipinski definition) is 2. The van der Waals surface area contributed by atoms with Crippen LogP contribution in [-0.2, 0) is 14.8 Å². The molecule has 9 heteroatoms. The van der Waals surface area contributed by atoms with Crippen molar-refractivity contribution in [2.45, 2.75) is 55.3 Å². The molecule has 6 nitrogen and oxygen atoms in total. The second-order valence-electron chi connectivity index (χ2n) is 6.35. The van der Waals surface area contributed by atoms with Crippen molar-refractivity contribution in [3.05, 3.63) is 18.2 Å². The third-order valence-electron chi connectivity index (χ3n) is 3.84. The van der Waals surface area contributed by atoms with Crippen molar-refractivity contribution in [3.8, 4) is 0 Å². The minimum absolute atomic E-state index is 0.0584. The Morgan fingerprint density at radius 2 is 2.08 bits per heavy atom. The summed E-state index contributed by atoms with van der Waals surface area (Å²) in [5.41, 5.74) is 0.755. The molecule has 0 amide bonds. The fourth-order valence-corrected chi connectivity index (χ4v) is 5.95. The Morgan fingerprint density at radius 3 is 2.69 bits per heavy atom. The van der Waals surface area contributed by atoms with Gasteiger partial charge in [0.2, 0.25) is 10.0 Å². The predicted molar refractivity (Wildman–Crippen MR) is 106 cm³/mol. The summed E-state index contributed by atoms with van der Waals surface area (Å²) in [5, 5.41) is 9.21. The molecule has 0 aliphatic heterocycles. The molecule has 0 aliphatic carbocycles. The maximum atomic E-state index is 12.6. The number of thiazole rings is 1. The Morgan fingerprint density at radius 1 is 1.35 bits per heavy atom. The normalized spacial score (nSPS) is 13.4. The summed E-state index contributed by atoms with van der Waals surface area (Å²) in [6, 6.07) is 3.53. The summed E-state index contributed by atoms with van der Waals surface area (Å²) in [5.74, 6) is -0.552. The van der Waals surface area contributed by atoms with Gasteiger partial charge in [0.1, 0.15) is 6.04 Å². The second-order valence-corrected chi connectivity index (χ2v) is 10.4. The van der Waals surface area contributed by atoms with E-state index >= 15 is 0 Å².